The summed E-state index contributed by atoms with van der Waals surface area (Å²) in [4.78, 5) is 22.2. The molecule has 0 aliphatic rings. The van der Waals surface area contributed by atoms with Gasteiger partial charge in [-0.15, -0.1) is 0 Å². The molecule has 0 aliphatic heterocycles. The second-order valence-corrected chi connectivity index (χ2v) is 5.81. The van der Waals surface area contributed by atoms with Crippen LogP contribution in [-0.2, 0) is 4.79 Å². The lowest BCUT2D eigenvalue weighted by Crippen LogP contribution is -2.43. The van der Waals surface area contributed by atoms with Gasteiger partial charge in [0.2, 0.25) is 0 Å². The number of carbonyl (C=O) groups is 2. The van der Waals surface area contributed by atoms with Crippen molar-refractivity contribution in [3.05, 3.63) is 28.0 Å². The Balaban J connectivity index is 2.62. The van der Waals surface area contributed by atoms with E-state index in [1.165, 1.54) is 19.1 Å². The number of benzene rings is 1. The summed E-state index contributed by atoms with van der Waals surface area (Å²) >= 11 is 3.02. The molecule has 0 aliphatic carbocycles. The van der Waals surface area contributed by atoms with E-state index in [1.807, 2.05) is 0 Å². The fraction of sp³-hybridized carbons (Fsp3) is 0.385. The molecule has 21 heavy (non-hydrogen) atoms. The van der Waals surface area contributed by atoms with Gasteiger partial charge in [0.25, 0.3) is 0 Å². The van der Waals surface area contributed by atoms with Gasteiger partial charge in [0, 0.05) is 12.2 Å². The molecule has 1 aromatic rings. The first-order valence-corrected chi connectivity index (χ1v) is 6.85. The highest BCUT2D eigenvalue weighted by Gasteiger charge is 2.24. The fourth-order valence-electron chi connectivity index (χ4n) is 1.61. The molecule has 1 rings (SSSR count). The van der Waals surface area contributed by atoms with E-state index < -0.39 is 29.8 Å². The molecule has 1 unspecified atom stereocenters. The first-order valence-electron chi connectivity index (χ1n) is 6.05. The Hall–Kier alpha value is -1.67. The standard InChI is InChI=1S/C13H16BrFN2O4/c1-7-3-9(15)8(14)4-10(7)17-12(20)16-6-13(2,21)5-11(18)19/h3-4,21H,5-6H2,1-2H3,(H,18,19)(H2,16,17,20). The molecule has 1 aromatic carbocycles. The number of nitrogens with one attached hydrogen (secondary N) is 2. The van der Waals surface area contributed by atoms with Gasteiger partial charge in [-0.2, -0.15) is 0 Å². The lowest BCUT2D eigenvalue weighted by atomic mass is 10.0. The highest BCUT2D eigenvalue weighted by Crippen LogP contribution is 2.24. The molecule has 1 atom stereocenters. The second kappa shape index (κ2) is 6.86. The van der Waals surface area contributed by atoms with Gasteiger partial charge in [-0.25, -0.2) is 9.18 Å². The third kappa shape index (κ3) is 5.68. The zero-order valence-electron chi connectivity index (χ0n) is 11.5. The highest BCUT2D eigenvalue weighted by atomic mass is 79.9. The van der Waals surface area contributed by atoms with Gasteiger partial charge < -0.3 is 20.8 Å². The molecule has 0 bridgehead atoms. The maximum atomic E-state index is 13.3. The van der Waals surface area contributed by atoms with Gasteiger partial charge in [0.05, 0.1) is 16.5 Å². The highest BCUT2D eigenvalue weighted by molar-refractivity contribution is 9.10. The van der Waals surface area contributed by atoms with Crippen LogP contribution in [0.5, 0.6) is 0 Å². The maximum absolute atomic E-state index is 13.3. The Labute approximate surface area is 129 Å². The molecular weight excluding hydrogens is 347 g/mol. The summed E-state index contributed by atoms with van der Waals surface area (Å²) < 4.78 is 13.5. The molecule has 0 spiro atoms. The predicted octanol–water partition coefficient (Wildman–Crippen LogP) is 2.24. The van der Waals surface area contributed by atoms with E-state index in [2.05, 4.69) is 26.6 Å². The number of aliphatic carboxylic acids is 1. The van der Waals surface area contributed by atoms with Crippen molar-refractivity contribution in [2.45, 2.75) is 25.9 Å². The Morgan fingerprint density at radius 3 is 2.62 bits per heavy atom. The van der Waals surface area contributed by atoms with Crippen molar-refractivity contribution in [1.82, 2.24) is 5.32 Å². The first-order chi connectivity index (χ1) is 9.60. The Kier molecular flexibility index (Phi) is 5.68. The summed E-state index contributed by atoms with van der Waals surface area (Å²) in [6.07, 6.45) is -0.492. The van der Waals surface area contributed by atoms with Gasteiger partial charge in [-0.3, -0.25) is 4.79 Å². The molecule has 0 saturated heterocycles. The van der Waals surface area contributed by atoms with Crippen molar-refractivity contribution < 1.29 is 24.2 Å². The van der Waals surface area contributed by atoms with E-state index in [0.717, 1.165) is 0 Å². The summed E-state index contributed by atoms with van der Waals surface area (Å²) in [5.41, 5.74) is -0.622. The minimum absolute atomic E-state index is 0.210. The molecule has 8 heteroatoms. The van der Waals surface area contributed by atoms with E-state index in [4.69, 9.17) is 5.11 Å². The van der Waals surface area contributed by atoms with Crippen molar-refractivity contribution in [3.8, 4) is 0 Å². The van der Waals surface area contributed by atoms with Crippen LogP contribution in [-0.4, -0.2) is 34.4 Å². The lowest BCUT2D eigenvalue weighted by molar-refractivity contribution is -0.141. The minimum Gasteiger partial charge on any atom is -0.481 e. The van der Waals surface area contributed by atoms with Gasteiger partial charge in [-0.1, -0.05) is 0 Å². The van der Waals surface area contributed by atoms with E-state index >= 15 is 0 Å². The number of urea groups is 1. The zero-order valence-corrected chi connectivity index (χ0v) is 13.1. The quantitative estimate of drug-likeness (QED) is 0.645. The lowest BCUT2D eigenvalue weighted by Gasteiger charge is -2.21. The first kappa shape index (κ1) is 17.4. The normalized spacial score (nSPS) is 13.4. The van der Waals surface area contributed by atoms with Crippen LogP contribution in [0.25, 0.3) is 0 Å². The van der Waals surface area contributed by atoms with Crippen molar-refractivity contribution in [3.63, 3.8) is 0 Å². The fourth-order valence-corrected chi connectivity index (χ4v) is 1.95. The van der Waals surface area contributed by atoms with Crippen molar-refractivity contribution in [1.29, 1.82) is 0 Å². The summed E-state index contributed by atoms with van der Waals surface area (Å²) in [5.74, 6) is -1.61. The van der Waals surface area contributed by atoms with Crippen molar-refractivity contribution in [2.75, 3.05) is 11.9 Å². The molecule has 0 aromatic heterocycles. The topological polar surface area (TPSA) is 98.7 Å². The van der Waals surface area contributed by atoms with Crippen molar-refractivity contribution in [2.24, 2.45) is 0 Å². The number of carboxylic acids is 1. The van der Waals surface area contributed by atoms with E-state index in [0.29, 0.717) is 11.3 Å². The van der Waals surface area contributed by atoms with E-state index in [-0.39, 0.29) is 11.0 Å². The van der Waals surface area contributed by atoms with Gasteiger partial charge in [0.1, 0.15) is 5.82 Å². The molecule has 0 saturated carbocycles. The van der Waals surface area contributed by atoms with Gasteiger partial charge in [0.15, 0.2) is 0 Å². The van der Waals surface area contributed by atoms with Crippen molar-refractivity contribution >= 4 is 33.6 Å². The SMILES string of the molecule is Cc1cc(F)c(Br)cc1NC(=O)NCC(C)(O)CC(=O)O. The molecule has 0 fully saturated rings. The molecule has 0 heterocycles. The van der Waals surface area contributed by atoms with Crippen LogP contribution in [0, 0.1) is 12.7 Å². The van der Waals surface area contributed by atoms with Gasteiger partial charge in [-0.05, 0) is 47.5 Å². The van der Waals surface area contributed by atoms with E-state index in [9.17, 15) is 19.1 Å². The number of rotatable bonds is 5. The average Bonchev–Trinajstić information content (AvgIpc) is 2.32. The Bertz CT molecular complexity index is 563. The Morgan fingerprint density at radius 1 is 1.43 bits per heavy atom. The van der Waals surface area contributed by atoms with Gasteiger partial charge >= 0.3 is 12.0 Å². The van der Waals surface area contributed by atoms with Crippen LogP contribution in [0.1, 0.15) is 18.9 Å². The number of aliphatic hydroxyl groups is 1. The third-order valence-corrected chi connectivity index (χ3v) is 3.29. The smallest absolute Gasteiger partial charge is 0.319 e. The molecule has 0 radical (unpaired) electrons. The number of anilines is 1. The predicted molar refractivity (Wildman–Crippen MR) is 78.7 cm³/mol. The number of amides is 2. The summed E-state index contributed by atoms with van der Waals surface area (Å²) in [6, 6.07) is 2.06. The molecule has 116 valence electrons. The number of hydrogen-bond donors (Lipinski definition) is 4. The van der Waals surface area contributed by atoms with Crippen LogP contribution in [0.2, 0.25) is 0 Å². The molecule has 6 nitrogen and oxygen atoms in total. The second-order valence-electron chi connectivity index (χ2n) is 4.96. The summed E-state index contributed by atoms with van der Waals surface area (Å²) in [6.45, 7) is 2.71. The number of aryl methyl sites for hydroxylation is 1. The minimum atomic E-state index is -1.55. The summed E-state index contributed by atoms with van der Waals surface area (Å²) in [7, 11) is 0. The molecule has 2 amide bonds. The average molecular weight is 363 g/mol. The third-order valence-electron chi connectivity index (χ3n) is 2.68. The number of carbonyl (C=O) groups excluding carboxylic acids is 1. The largest absolute Gasteiger partial charge is 0.481 e. The zero-order chi connectivity index (χ0) is 16.2. The summed E-state index contributed by atoms with van der Waals surface area (Å²) in [5, 5.41) is 23.2. The Morgan fingerprint density at radius 2 is 2.05 bits per heavy atom. The monoisotopic (exact) mass is 362 g/mol. The van der Waals surface area contributed by atoms with Crippen LogP contribution >= 0.6 is 15.9 Å². The van der Waals surface area contributed by atoms with Crippen LogP contribution in [0.4, 0.5) is 14.9 Å². The molecule has 4 N–H and O–H groups in total. The van der Waals surface area contributed by atoms with Crippen LogP contribution in [0.15, 0.2) is 16.6 Å². The number of carboxylic acid groups (broad SMARTS) is 1. The number of halogens is 2. The maximum Gasteiger partial charge on any atom is 0.319 e. The van der Waals surface area contributed by atoms with Crippen LogP contribution < -0.4 is 10.6 Å². The van der Waals surface area contributed by atoms with Crippen LogP contribution in [0.3, 0.4) is 0 Å². The van der Waals surface area contributed by atoms with E-state index in [1.54, 1.807) is 6.92 Å². The molecular formula is C13H16BrFN2O4. The number of hydrogen-bond acceptors (Lipinski definition) is 3.